The Morgan fingerprint density at radius 2 is 1.56 bits per heavy atom. The van der Waals surface area contributed by atoms with E-state index in [1.807, 2.05) is 26.0 Å². The van der Waals surface area contributed by atoms with Gasteiger partial charge in [-0.1, -0.05) is 11.2 Å². The monoisotopic (exact) mass is 465 g/mol. The molecular weight excluding hydrogens is 438 g/mol. The first-order valence-corrected chi connectivity index (χ1v) is 10.8. The van der Waals surface area contributed by atoms with Crippen LogP contribution in [0.25, 0.3) is 0 Å². The van der Waals surface area contributed by atoms with E-state index in [9.17, 15) is 14.4 Å². The van der Waals surface area contributed by atoms with Gasteiger partial charge in [0.2, 0.25) is 5.91 Å². The van der Waals surface area contributed by atoms with Gasteiger partial charge >= 0.3 is 5.97 Å². The van der Waals surface area contributed by atoms with Crippen molar-refractivity contribution in [3.8, 4) is 11.5 Å². The third kappa shape index (κ3) is 8.09. The van der Waals surface area contributed by atoms with Crippen LogP contribution in [0.15, 0.2) is 53.1 Å². The fourth-order valence-corrected chi connectivity index (χ4v) is 3.17. The zero-order valence-electron chi connectivity index (χ0n) is 19.3. The van der Waals surface area contributed by atoms with Crippen LogP contribution in [0, 0.1) is 20.8 Å². The van der Waals surface area contributed by atoms with Crippen molar-refractivity contribution in [2.24, 2.45) is 0 Å². The highest BCUT2D eigenvalue weighted by Gasteiger charge is 2.11. The average molecular weight is 466 g/mol. The summed E-state index contributed by atoms with van der Waals surface area (Å²) >= 11 is 0. The lowest BCUT2D eigenvalue weighted by molar-refractivity contribution is -0.147. The molecule has 3 aromatic rings. The molecule has 9 nitrogen and oxygen atoms in total. The summed E-state index contributed by atoms with van der Waals surface area (Å²) in [6.45, 7) is 5.27. The number of aryl methyl sites for hydroxylation is 3. The van der Waals surface area contributed by atoms with Gasteiger partial charge in [0.1, 0.15) is 17.3 Å². The SMILES string of the molecule is Cc1cc(C)cc(Oc2ccc(NC(=O)CCCC(=O)OCC(=O)Nc3cc(C)on3)cc2)c1. The van der Waals surface area contributed by atoms with Gasteiger partial charge in [0, 0.05) is 24.6 Å². The number of ether oxygens (including phenoxy) is 2. The number of esters is 1. The van der Waals surface area contributed by atoms with E-state index >= 15 is 0 Å². The molecule has 0 atom stereocenters. The van der Waals surface area contributed by atoms with Crippen LogP contribution in [0.2, 0.25) is 0 Å². The van der Waals surface area contributed by atoms with E-state index in [1.54, 1.807) is 37.3 Å². The van der Waals surface area contributed by atoms with Gasteiger partial charge in [0.25, 0.3) is 5.91 Å². The number of amides is 2. The van der Waals surface area contributed by atoms with Crippen molar-refractivity contribution in [3.05, 3.63) is 65.4 Å². The summed E-state index contributed by atoms with van der Waals surface area (Å²) in [4.78, 5) is 35.7. The Morgan fingerprint density at radius 3 is 2.21 bits per heavy atom. The summed E-state index contributed by atoms with van der Waals surface area (Å²) in [7, 11) is 0. The maximum atomic E-state index is 12.1. The Bertz CT molecular complexity index is 1130. The number of hydrogen-bond donors (Lipinski definition) is 2. The number of carbonyl (C=O) groups is 3. The van der Waals surface area contributed by atoms with Crippen molar-refractivity contribution in [3.63, 3.8) is 0 Å². The van der Waals surface area contributed by atoms with Gasteiger partial charge in [-0.2, -0.15) is 0 Å². The molecule has 0 unspecified atom stereocenters. The number of aromatic nitrogens is 1. The number of rotatable bonds is 10. The molecule has 0 aliphatic heterocycles. The molecule has 0 radical (unpaired) electrons. The molecule has 1 aromatic heterocycles. The van der Waals surface area contributed by atoms with E-state index in [1.165, 1.54) is 0 Å². The lowest BCUT2D eigenvalue weighted by atomic mass is 10.1. The normalized spacial score (nSPS) is 10.4. The summed E-state index contributed by atoms with van der Waals surface area (Å²) in [5.41, 5.74) is 2.86. The second kappa shape index (κ2) is 11.6. The molecule has 0 saturated heterocycles. The summed E-state index contributed by atoms with van der Waals surface area (Å²) in [6.07, 6.45) is 0.454. The van der Waals surface area contributed by atoms with Crippen LogP contribution in [0.3, 0.4) is 0 Å². The second-order valence-electron chi connectivity index (χ2n) is 7.88. The summed E-state index contributed by atoms with van der Waals surface area (Å²) in [5, 5.41) is 8.84. The van der Waals surface area contributed by atoms with Crippen molar-refractivity contribution < 1.29 is 28.4 Å². The second-order valence-corrected chi connectivity index (χ2v) is 7.88. The fraction of sp³-hybridized carbons (Fsp3) is 0.280. The van der Waals surface area contributed by atoms with Crippen molar-refractivity contribution in [1.29, 1.82) is 0 Å². The van der Waals surface area contributed by atoms with Gasteiger partial charge < -0.3 is 24.6 Å². The number of carbonyl (C=O) groups excluding carboxylic acids is 3. The van der Waals surface area contributed by atoms with E-state index in [4.69, 9.17) is 14.0 Å². The van der Waals surface area contributed by atoms with Gasteiger partial charge in [-0.25, -0.2) is 0 Å². The molecule has 178 valence electrons. The first kappa shape index (κ1) is 24.5. The molecule has 9 heteroatoms. The molecule has 1 heterocycles. The largest absolute Gasteiger partial charge is 0.457 e. The predicted octanol–water partition coefficient (Wildman–Crippen LogP) is 4.68. The summed E-state index contributed by atoms with van der Waals surface area (Å²) in [6, 6.07) is 14.6. The van der Waals surface area contributed by atoms with Gasteiger partial charge in [-0.3, -0.25) is 14.4 Å². The first-order chi connectivity index (χ1) is 16.3. The standard InChI is InChI=1S/C25H27N3O6/c1-16-11-17(2)13-21(12-16)33-20-9-7-19(8-10-20)26-23(29)5-4-6-25(31)32-15-24(30)27-22-14-18(3)34-28-22/h7-14H,4-6,15H2,1-3H3,(H,26,29)(H,27,28,30). The number of nitrogens with one attached hydrogen (secondary N) is 2. The summed E-state index contributed by atoms with van der Waals surface area (Å²) < 4.78 is 15.6. The quantitative estimate of drug-likeness (QED) is 0.417. The Hall–Kier alpha value is -4.14. The molecule has 2 amide bonds. The lowest BCUT2D eigenvalue weighted by Crippen LogP contribution is -2.21. The third-order valence-corrected chi connectivity index (χ3v) is 4.61. The van der Waals surface area contributed by atoms with Crippen molar-refractivity contribution in [2.75, 3.05) is 17.2 Å². The summed E-state index contributed by atoms with van der Waals surface area (Å²) in [5.74, 6) is 0.902. The number of benzene rings is 2. The van der Waals surface area contributed by atoms with Gasteiger partial charge in [-0.15, -0.1) is 0 Å². The van der Waals surface area contributed by atoms with Crippen LogP contribution in [-0.2, 0) is 19.1 Å². The van der Waals surface area contributed by atoms with Crippen LogP contribution < -0.4 is 15.4 Å². The molecule has 0 spiro atoms. The van der Waals surface area contributed by atoms with E-state index in [2.05, 4.69) is 21.9 Å². The highest BCUT2D eigenvalue weighted by atomic mass is 16.5. The van der Waals surface area contributed by atoms with Crippen molar-refractivity contribution in [2.45, 2.75) is 40.0 Å². The molecule has 0 saturated carbocycles. The Balaban J connectivity index is 1.34. The molecule has 0 bridgehead atoms. The highest BCUT2D eigenvalue weighted by Crippen LogP contribution is 2.25. The van der Waals surface area contributed by atoms with Gasteiger partial charge in [-0.05, 0) is 74.7 Å². The number of anilines is 2. The Kier molecular flexibility index (Phi) is 8.39. The number of nitrogens with zero attached hydrogens (tertiary/aromatic N) is 1. The predicted molar refractivity (Wildman–Crippen MR) is 126 cm³/mol. The number of hydrogen-bond acceptors (Lipinski definition) is 7. The van der Waals surface area contributed by atoms with Crippen molar-refractivity contribution >= 4 is 29.3 Å². The minimum absolute atomic E-state index is 0.0203. The smallest absolute Gasteiger partial charge is 0.306 e. The molecule has 2 aromatic carbocycles. The average Bonchev–Trinajstić information content (AvgIpc) is 3.17. The third-order valence-electron chi connectivity index (χ3n) is 4.61. The van der Waals surface area contributed by atoms with E-state index in [-0.39, 0.29) is 24.6 Å². The first-order valence-electron chi connectivity index (χ1n) is 10.8. The molecule has 0 aliphatic carbocycles. The maximum Gasteiger partial charge on any atom is 0.306 e. The van der Waals surface area contributed by atoms with Crippen molar-refractivity contribution in [1.82, 2.24) is 5.16 Å². The van der Waals surface area contributed by atoms with Crippen LogP contribution in [-0.4, -0.2) is 29.5 Å². The van der Waals surface area contributed by atoms with Crippen LogP contribution in [0.4, 0.5) is 11.5 Å². The Labute approximate surface area is 197 Å². The lowest BCUT2D eigenvalue weighted by Gasteiger charge is -2.09. The fourth-order valence-electron chi connectivity index (χ4n) is 3.17. The molecule has 2 N–H and O–H groups in total. The zero-order valence-corrected chi connectivity index (χ0v) is 19.3. The topological polar surface area (TPSA) is 120 Å². The van der Waals surface area contributed by atoms with Crippen LogP contribution in [0.1, 0.15) is 36.1 Å². The molecule has 0 fully saturated rings. The zero-order chi connectivity index (χ0) is 24.5. The van der Waals surface area contributed by atoms with E-state index in [0.717, 1.165) is 16.9 Å². The van der Waals surface area contributed by atoms with Crippen LogP contribution >= 0.6 is 0 Å². The highest BCUT2D eigenvalue weighted by molar-refractivity contribution is 5.92. The minimum Gasteiger partial charge on any atom is -0.457 e. The minimum atomic E-state index is -0.563. The van der Waals surface area contributed by atoms with Gasteiger partial charge in [0.05, 0.1) is 0 Å². The van der Waals surface area contributed by atoms with Gasteiger partial charge in [0.15, 0.2) is 12.4 Å². The van der Waals surface area contributed by atoms with Crippen LogP contribution in [0.5, 0.6) is 11.5 Å². The molecule has 0 aliphatic rings. The maximum absolute atomic E-state index is 12.1. The van der Waals surface area contributed by atoms with E-state index < -0.39 is 18.5 Å². The Morgan fingerprint density at radius 1 is 0.853 bits per heavy atom. The molecule has 3 rings (SSSR count). The molecule has 34 heavy (non-hydrogen) atoms. The van der Waals surface area contributed by atoms with E-state index in [0.29, 0.717) is 23.6 Å². The molecular formula is C25H27N3O6.